The van der Waals surface area contributed by atoms with E-state index in [2.05, 4.69) is 57.5 Å². The summed E-state index contributed by atoms with van der Waals surface area (Å²) in [5.41, 5.74) is 1.63. The van der Waals surface area contributed by atoms with Crippen LogP contribution in [0.4, 0.5) is 0 Å². The van der Waals surface area contributed by atoms with Gasteiger partial charge in [-0.3, -0.25) is 9.59 Å². The van der Waals surface area contributed by atoms with E-state index in [-0.39, 0.29) is 29.6 Å². The van der Waals surface area contributed by atoms with E-state index in [1.807, 2.05) is 36.4 Å². The molecule has 2 aromatic rings. The molecule has 0 saturated carbocycles. The summed E-state index contributed by atoms with van der Waals surface area (Å²) in [6.07, 6.45) is 0.386. The zero-order chi connectivity index (χ0) is 22.5. The topological polar surface area (TPSA) is 52.6 Å². The Morgan fingerprint density at radius 3 is 1.70 bits per heavy atom. The van der Waals surface area contributed by atoms with Gasteiger partial charge >= 0.3 is 11.9 Å². The lowest BCUT2D eigenvalue weighted by Gasteiger charge is -2.22. The smallest absolute Gasteiger partial charge is 0.325 e. The Hall–Kier alpha value is -2.14. The number of carbonyl (C=O) groups is 2. The Morgan fingerprint density at radius 1 is 0.800 bits per heavy atom. The molecule has 0 spiro atoms. The average molecular weight is 475 g/mol. The quantitative estimate of drug-likeness (QED) is 0.278. The molecule has 30 heavy (non-hydrogen) atoms. The second-order valence-electron chi connectivity index (χ2n) is 9.39. The van der Waals surface area contributed by atoms with E-state index in [0.717, 1.165) is 11.1 Å². The highest BCUT2D eigenvalue weighted by atomic mass is 79.9. The number of para-hydroxylation sites is 2. The number of alkyl halides is 1. The lowest BCUT2D eigenvalue weighted by molar-refractivity contribution is -0.135. The summed E-state index contributed by atoms with van der Waals surface area (Å²) in [6, 6.07) is 15.0. The zero-order valence-electron chi connectivity index (χ0n) is 18.6. The van der Waals surface area contributed by atoms with Crippen LogP contribution in [0.15, 0.2) is 48.5 Å². The van der Waals surface area contributed by atoms with Crippen LogP contribution in [0.5, 0.6) is 11.5 Å². The van der Waals surface area contributed by atoms with E-state index in [1.54, 1.807) is 12.1 Å². The summed E-state index contributed by atoms with van der Waals surface area (Å²) in [6.45, 7) is 12.4. The van der Waals surface area contributed by atoms with Crippen LogP contribution in [0.3, 0.4) is 0 Å². The fourth-order valence-electron chi connectivity index (χ4n) is 3.06. The van der Waals surface area contributed by atoms with Crippen molar-refractivity contribution in [3.05, 3.63) is 59.7 Å². The maximum absolute atomic E-state index is 12.5. The zero-order valence-corrected chi connectivity index (χ0v) is 20.2. The normalized spacial score (nSPS) is 12.9. The van der Waals surface area contributed by atoms with Crippen molar-refractivity contribution >= 4 is 27.9 Å². The van der Waals surface area contributed by atoms with Gasteiger partial charge in [0.1, 0.15) is 16.3 Å². The largest absolute Gasteiger partial charge is 0.426 e. The molecule has 0 aliphatic heterocycles. The van der Waals surface area contributed by atoms with Gasteiger partial charge in [-0.15, -0.1) is 0 Å². The average Bonchev–Trinajstić information content (AvgIpc) is 2.65. The third-order valence-electron chi connectivity index (χ3n) is 4.68. The third kappa shape index (κ3) is 6.69. The van der Waals surface area contributed by atoms with E-state index in [0.29, 0.717) is 11.5 Å². The van der Waals surface area contributed by atoms with Crippen LogP contribution in [-0.2, 0) is 20.4 Å². The summed E-state index contributed by atoms with van der Waals surface area (Å²) in [7, 11) is 0. The molecule has 0 heterocycles. The molecule has 1 atom stereocenters. The highest BCUT2D eigenvalue weighted by Crippen LogP contribution is 2.32. The summed E-state index contributed by atoms with van der Waals surface area (Å²) in [5, 5.41) is 0. The van der Waals surface area contributed by atoms with Gasteiger partial charge in [-0.1, -0.05) is 93.9 Å². The number of halogens is 1. The molecule has 0 aliphatic rings. The summed E-state index contributed by atoms with van der Waals surface area (Å²) < 4.78 is 11.2. The van der Waals surface area contributed by atoms with Gasteiger partial charge < -0.3 is 9.47 Å². The molecule has 0 fully saturated rings. The SMILES string of the molecule is CC(C)(C)c1ccccc1OC(=O)CCC(Br)C(=O)Oc1ccccc1C(C)(C)C. The predicted octanol–water partition coefficient (Wildman–Crippen LogP) is 6.34. The van der Waals surface area contributed by atoms with Crippen molar-refractivity contribution in [2.24, 2.45) is 0 Å². The molecule has 5 heteroatoms. The minimum Gasteiger partial charge on any atom is -0.426 e. The van der Waals surface area contributed by atoms with Crippen LogP contribution in [0.2, 0.25) is 0 Å². The molecule has 0 saturated heterocycles. The Morgan fingerprint density at radius 2 is 1.23 bits per heavy atom. The number of esters is 2. The van der Waals surface area contributed by atoms with Gasteiger partial charge in [-0.05, 0) is 29.4 Å². The van der Waals surface area contributed by atoms with Gasteiger partial charge in [-0.25, -0.2) is 0 Å². The van der Waals surface area contributed by atoms with Crippen molar-refractivity contribution in [1.29, 1.82) is 0 Å². The monoisotopic (exact) mass is 474 g/mol. The van der Waals surface area contributed by atoms with Crippen molar-refractivity contribution < 1.29 is 19.1 Å². The number of ether oxygens (including phenoxy) is 2. The lowest BCUT2D eigenvalue weighted by Crippen LogP contribution is -2.24. The molecule has 2 aromatic carbocycles. The Labute approximate surface area is 188 Å². The number of benzene rings is 2. The lowest BCUT2D eigenvalue weighted by atomic mass is 9.86. The second kappa shape index (κ2) is 9.78. The maximum Gasteiger partial charge on any atom is 0.325 e. The third-order valence-corrected chi connectivity index (χ3v) is 5.51. The van der Waals surface area contributed by atoms with Crippen molar-refractivity contribution in [2.75, 3.05) is 0 Å². The molecule has 0 aromatic heterocycles. The standard InChI is InChI=1S/C25H31BrO4/c1-24(2,3)17-11-7-9-13-20(17)29-22(27)16-15-19(26)23(28)30-21-14-10-8-12-18(21)25(4,5)6/h7-14,19H,15-16H2,1-6H3. The van der Waals surface area contributed by atoms with Crippen LogP contribution in [-0.4, -0.2) is 16.8 Å². The molecular weight excluding hydrogens is 444 g/mol. The molecule has 0 radical (unpaired) electrons. The van der Waals surface area contributed by atoms with Gasteiger partial charge in [-0.2, -0.15) is 0 Å². The maximum atomic E-state index is 12.5. The van der Waals surface area contributed by atoms with Crippen molar-refractivity contribution in [2.45, 2.75) is 70.0 Å². The molecule has 162 valence electrons. The molecule has 0 aliphatic carbocycles. The Balaban J connectivity index is 1.96. The first-order chi connectivity index (χ1) is 13.9. The van der Waals surface area contributed by atoms with Crippen molar-refractivity contribution in [1.82, 2.24) is 0 Å². The van der Waals surface area contributed by atoms with E-state index in [1.165, 1.54) is 0 Å². The van der Waals surface area contributed by atoms with Crippen molar-refractivity contribution in [3.63, 3.8) is 0 Å². The van der Waals surface area contributed by atoms with Gasteiger partial charge in [0.25, 0.3) is 0 Å². The van der Waals surface area contributed by atoms with Crippen LogP contribution < -0.4 is 9.47 Å². The number of hydrogen-bond acceptors (Lipinski definition) is 4. The fraction of sp³-hybridized carbons (Fsp3) is 0.440. The Bertz CT molecular complexity index is 891. The molecule has 4 nitrogen and oxygen atoms in total. The fourth-order valence-corrected chi connectivity index (χ4v) is 3.38. The number of carbonyl (C=O) groups excluding carboxylic acids is 2. The first-order valence-electron chi connectivity index (χ1n) is 10.1. The molecular formula is C25H31BrO4. The van der Waals surface area contributed by atoms with Crippen LogP contribution >= 0.6 is 15.9 Å². The highest BCUT2D eigenvalue weighted by molar-refractivity contribution is 9.10. The van der Waals surface area contributed by atoms with Crippen molar-refractivity contribution in [3.8, 4) is 11.5 Å². The van der Waals surface area contributed by atoms with Crippen LogP contribution in [0, 0.1) is 0 Å². The molecule has 0 N–H and O–H groups in total. The summed E-state index contributed by atoms with van der Waals surface area (Å²) in [5.74, 6) is 0.303. The van der Waals surface area contributed by atoms with Gasteiger partial charge in [0.2, 0.25) is 0 Å². The number of rotatable bonds is 6. The Kier molecular flexibility index (Phi) is 7.87. The second-order valence-corrected chi connectivity index (χ2v) is 10.5. The highest BCUT2D eigenvalue weighted by Gasteiger charge is 2.25. The minimum atomic E-state index is -0.601. The van der Waals surface area contributed by atoms with Gasteiger partial charge in [0.05, 0.1) is 0 Å². The predicted molar refractivity (Wildman–Crippen MR) is 124 cm³/mol. The molecule has 1 unspecified atom stereocenters. The van der Waals surface area contributed by atoms with E-state index < -0.39 is 10.8 Å². The first kappa shape index (κ1) is 24.1. The molecule has 0 amide bonds. The minimum absolute atomic E-state index is 0.102. The molecule has 2 rings (SSSR count). The van der Waals surface area contributed by atoms with Crippen LogP contribution in [0.25, 0.3) is 0 Å². The van der Waals surface area contributed by atoms with Crippen LogP contribution in [0.1, 0.15) is 65.5 Å². The van der Waals surface area contributed by atoms with E-state index in [4.69, 9.17) is 9.47 Å². The van der Waals surface area contributed by atoms with Gasteiger partial charge in [0.15, 0.2) is 0 Å². The summed E-state index contributed by atoms with van der Waals surface area (Å²) >= 11 is 3.35. The van der Waals surface area contributed by atoms with E-state index >= 15 is 0 Å². The molecule has 0 bridgehead atoms. The van der Waals surface area contributed by atoms with E-state index in [9.17, 15) is 9.59 Å². The van der Waals surface area contributed by atoms with Gasteiger partial charge in [0, 0.05) is 17.5 Å². The first-order valence-corrected chi connectivity index (χ1v) is 11.1. The summed E-state index contributed by atoms with van der Waals surface area (Å²) in [4.78, 5) is 24.3. The number of hydrogen-bond donors (Lipinski definition) is 0.